The maximum Gasteiger partial charge on any atom is 0.0565 e. The van der Waals surface area contributed by atoms with E-state index in [1.54, 1.807) is 0 Å². The van der Waals surface area contributed by atoms with Crippen molar-refractivity contribution in [2.24, 2.45) is 0 Å². The molecule has 1 heterocycles. The molecule has 0 N–H and O–H groups in total. The Morgan fingerprint density at radius 2 is 1.93 bits per heavy atom. The Labute approximate surface area is 169 Å². The molecule has 0 saturated heterocycles. The Morgan fingerprint density at radius 3 is 2.56 bits per heavy atom. The Hall–Kier alpha value is -1.93. The van der Waals surface area contributed by atoms with Gasteiger partial charge in [-0.2, -0.15) is 0 Å². The minimum Gasteiger partial charge on any atom is -0.371 e. The molecular weight excluding hydrogens is 352 g/mol. The summed E-state index contributed by atoms with van der Waals surface area (Å²) in [5, 5.41) is 0. The van der Waals surface area contributed by atoms with Crippen LogP contribution in [0.25, 0.3) is 6.08 Å². The third-order valence-electron chi connectivity index (χ3n) is 5.95. The molecule has 2 aromatic rings. The molecule has 0 bridgehead atoms. The van der Waals surface area contributed by atoms with E-state index in [1.807, 2.05) is 0 Å². The van der Waals surface area contributed by atoms with E-state index in [9.17, 15) is 0 Å². The largest absolute Gasteiger partial charge is 0.371 e. The number of hydrogen-bond acceptors (Lipinski definition) is 2. The van der Waals surface area contributed by atoms with Gasteiger partial charge in [0.15, 0.2) is 0 Å². The van der Waals surface area contributed by atoms with Crippen LogP contribution in [0.2, 0.25) is 0 Å². The predicted octanol–water partition coefficient (Wildman–Crippen LogP) is 5.87. The normalized spacial score (nSPS) is 18.1. The number of nitrogens with zero attached hydrogens (tertiary/aromatic N) is 2. The fourth-order valence-electron chi connectivity index (χ4n) is 4.30. The highest BCUT2D eigenvalue weighted by atomic mass is 35.5. The van der Waals surface area contributed by atoms with Gasteiger partial charge >= 0.3 is 0 Å². The molecule has 1 atom stereocenters. The molecule has 2 aromatic carbocycles. The van der Waals surface area contributed by atoms with Crippen LogP contribution in [0.4, 0.5) is 11.4 Å². The van der Waals surface area contributed by atoms with Crippen molar-refractivity contribution in [2.75, 3.05) is 35.8 Å². The average molecular weight is 383 g/mol. The topological polar surface area (TPSA) is 6.48 Å². The first-order chi connectivity index (χ1) is 12.9. The number of fused-ring (bicyclic) bond motifs is 1. The van der Waals surface area contributed by atoms with Crippen LogP contribution in [0.1, 0.15) is 37.5 Å². The zero-order valence-corrected chi connectivity index (χ0v) is 17.9. The molecule has 0 amide bonds. The second kappa shape index (κ2) is 7.98. The lowest BCUT2D eigenvalue weighted by Gasteiger charge is -2.29. The summed E-state index contributed by atoms with van der Waals surface area (Å²) in [6.45, 7) is 10.9. The molecule has 1 aliphatic heterocycles. The van der Waals surface area contributed by atoms with E-state index in [0.717, 1.165) is 13.1 Å². The van der Waals surface area contributed by atoms with Crippen LogP contribution in [-0.2, 0) is 5.41 Å². The first-order valence-corrected chi connectivity index (χ1v) is 10.4. The average Bonchev–Trinajstić information content (AvgIpc) is 2.85. The van der Waals surface area contributed by atoms with Gasteiger partial charge in [-0.05, 0) is 48.7 Å². The van der Waals surface area contributed by atoms with Crippen LogP contribution in [0.5, 0.6) is 0 Å². The van der Waals surface area contributed by atoms with E-state index in [2.05, 4.69) is 99.2 Å². The highest BCUT2D eigenvalue weighted by Gasteiger charge is 2.41. The molecule has 0 saturated carbocycles. The number of hydrogen-bond donors (Lipinski definition) is 0. The van der Waals surface area contributed by atoms with Crippen molar-refractivity contribution in [3.05, 3.63) is 65.2 Å². The van der Waals surface area contributed by atoms with Gasteiger partial charge in [0.2, 0.25) is 0 Å². The second-order valence-corrected chi connectivity index (χ2v) is 8.34. The van der Waals surface area contributed by atoms with Crippen molar-refractivity contribution in [1.29, 1.82) is 0 Å². The number of para-hydroxylation sites is 1. The summed E-state index contributed by atoms with van der Waals surface area (Å²) in [5.74, 6) is 0.651. The zero-order valence-electron chi connectivity index (χ0n) is 17.2. The van der Waals surface area contributed by atoms with E-state index < -0.39 is 0 Å². The number of rotatable bonds is 6. The summed E-state index contributed by atoms with van der Waals surface area (Å²) in [5.41, 5.74) is 6.68. The first-order valence-electron chi connectivity index (χ1n) is 9.82. The lowest BCUT2D eigenvalue weighted by Crippen LogP contribution is -2.37. The maximum absolute atomic E-state index is 5.94. The summed E-state index contributed by atoms with van der Waals surface area (Å²) in [6, 6.07) is 15.8. The number of alkyl halides is 1. The van der Waals surface area contributed by atoms with Crippen molar-refractivity contribution in [3.63, 3.8) is 0 Å². The SMILES string of the molecule is CCN(CCCl)c1ccc(/C=C/C2N(C)c3ccccc3C2(C)C)c(C)c1. The molecule has 3 heteroatoms. The molecule has 1 aliphatic rings. The Balaban J connectivity index is 1.84. The minimum absolute atomic E-state index is 0.0923. The summed E-state index contributed by atoms with van der Waals surface area (Å²) in [4.78, 5) is 4.72. The van der Waals surface area contributed by atoms with Crippen LogP contribution in [-0.4, -0.2) is 32.1 Å². The smallest absolute Gasteiger partial charge is 0.0565 e. The molecule has 144 valence electrons. The van der Waals surface area contributed by atoms with Crippen molar-refractivity contribution < 1.29 is 0 Å². The van der Waals surface area contributed by atoms with Gasteiger partial charge in [0.05, 0.1) is 6.04 Å². The summed E-state index contributed by atoms with van der Waals surface area (Å²) < 4.78 is 0. The first kappa shape index (κ1) is 19.8. The minimum atomic E-state index is 0.0923. The highest BCUT2D eigenvalue weighted by Crippen LogP contribution is 2.44. The van der Waals surface area contributed by atoms with E-state index >= 15 is 0 Å². The van der Waals surface area contributed by atoms with Crippen LogP contribution >= 0.6 is 11.6 Å². The van der Waals surface area contributed by atoms with Gasteiger partial charge in [-0.15, -0.1) is 11.6 Å². The quantitative estimate of drug-likeness (QED) is 0.576. The van der Waals surface area contributed by atoms with E-state index in [-0.39, 0.29) is 5.41 Å². The number of benzene rings is 2. The number of likely N-dealkylation sites (N-methyl/N-ethyl adjacent to an activating group) is 1. The van der Waals surface area contributed by atoms with Crippen LogP contribution in [0.15, 0.2) is 48.5 Å². The summed E-state index contributed by atoms with van der Waals surface area (Å²) in [7, 11) is 2.20. The lowest BCUT2D eigenvalue weighted by molar-refractivity contribution is 0.489. The molecule has 0 radical (unpaired) electrons. The molecule has 27 heavy (non-hydrogen) atoms. The molecule has 0 spiro atoms. The van der Waals surface area contributed by atoms with Crippen molar-refractivity contribution in [1.82, 2.24) is 0 Å². The second-order valence-electron chi connectivity index (χ2n) is 7.96. The Kier molecular flexibility index (Phi) is 5.86. The van der Waals surface area contributed by atoms with Crippen LogP contribution < -0.4 is 9.80 Å². The summed E-state index contributed by atoms with van der Waals surface area (Å²) in [6.07, 6.45) is 4.64. The van der Waals surface area contributed by atoms with E-state index in [1.165, 1.54) is 28.1 Å². The fourth-order valence-corrected chi connectivity index (χ4v) is 4.50. The van der Waals surface area contributed by atoms with Gasteiger partial charge in [-0.3, -0.25) is 0 Å². The summed E-state index contributed by atoms with van der Waals surface area (Å²) >= 11 is 5.94. The Morgan fingerprint density at radius 1 is 1.19 bits per heavy atom. The van der Waals surface area contributed by atoms with Gasteiger partial charge in [0.25, 0.3) is 0 Å². The van der Waals surface area contributed by atoms with Crippen molar-refractivity contribution in [2.45, 2.75) is 39.2 Å². The molecular formula is C24H31ClN2. The van der Waals surface area contributed by atoms with Crippen LogP contribution in [0, 0.1) is 6.92 Å². The molecule has 3 rings (SSSR count). The monoisotopic (exact) mass is 382 g/mol. The molecule has 2 nitrogen and oxygen atoms in total. The van der Waals surface area contributed by atoms with Crippen molar-refractivity contribution >= 4 is 29.1 Å². The molecule has 1 unspecified atom stereocenters. The van der Waals surface area contributed by atoms with Gasteiger partial charge in [-0.1, -0.05) is 50.3 Å². The van der Waals surface area contributed by atoms with Gasteiger partial charge in [-0.25, -0.2) is 0 Å². The predicted molar refractivity (Wildman–Crippen MR) is 120 cm³/mol. The standard InChI is InChI=1S/C24H31ClN2/c1-6-27(16-15-25)20-13-11-19(18(2)17-20)12-14-23-24(3,4)21-9-7-8-10-22(21)26(23)5/h7-14,17,23H,6,15-16H2,1-5H3/b14-12+. The van der Waals surface area contributed by atoms with Crippen LogP contribution in [0.3, 0.4) is 0 Å². The maximum atomic E-state index is 5.94. The molecule has 0 aliphatic carbocycles. The molecule has 0 fully saturated rings. The third-order valence-corrected chi connectivity index (χ3v) is 6.12. The van der Waals surface area contributed by atoms with Gasteiger partial charge in [0.1, 0.15) is 0 Å². The Bertz CT molecular complexity index is 825. The van der Waals surface area contributed by atoms with Gasteiger partial charge in [0, 0.05) is 42.8 Å². The van der Waals surface area contributed by atoms with E-state index in [0.29, 0.717) is 11.9 Å². The number of halogens is 1. The highest BCUT2D eigenvalue weighted by molar-refractivity contribution is 6.18. The third kappa shape index (κ3) is 3.73. The number of aryl methyl sites for hydroxylation is 1. The van der Waals surface area contributed by atoms with Gasteiger partial charge < -0.3 is 9.80 Å². The lowest BCUT2D eigenvalue weighted by atomic mass is 9.80. The number of anilines is 2. The fraction of sp³-hybridized carbons (Fsp3) is 0.417. The van der Waals surface area contributed by atoms with E-state index in [4.69, 9.17) is 11.6 Å². The molecule has 0 aromatic heterocycles. The zero-order chi connectivity index (χ0) is 19.6. The van der Waals surface area contributed by atoms with Crippen molar-refractivity contribution in [3.8, 4) is 0 Å².